The number of carbonyl (C=O) groups is 1. The Morgan fingerprint density at radius 3 is 2.54 bits per heavy atom. The predicted octanol–water partition coefficient (Wildman–Crippen LogP) is 2.11. The molecular weight excluding hydrogens is 358 g/mol. The molecule has 1 aromatic heterocycles. The third-order valence-corrected chi connectivity index (χ3v) is 4.73. The Bertz CT molecular complexity index is 1090. The van der Waals surface area contributed by atoms with Crippen LogP contribution in [0.1, 0.15) is 15.9 Å². The number of hydrogen-bond acceptors (Lipinski definition) is 5. The fourth-order valence-corrected chi connectivity index (χ4v) is 3.17. The first kappa shape index (κ1) is 19.3. The summed E-state index contributed by atoms with van der Waals surface area (Å²) in [6.45, 7) is 0.351. The van der Waals surface area contributed by atoms with Crippen LogP contribution in [-0.4, -0.2) is 31.2 Å². The molecule has 3 aromatic rings. The Kier molecular flexibility index (Phi) is 5.54. The number of benzene rings is 2. The average molecular weight is 381 g/mol. The van der Waals surface area contributed by atoms with Gasteiger partial charge in [-0.3, -0.25) is 9.59 Å². The third-order valence-electron chi connectivity index (χ3n) is 4.73. The number of pyridine rings is 1. The van der Waals surface area contributed by atoms with Crippen molar-refractivity contribution in [3.05, 3.63) is 63.8 Å². The molecule has 0 saturated carbocycles. The first-order valence-corrected chi connectivity index (χ1v) is 8.84. The van der Waals surface area contributed by atoms with Crippen LogP contribution in [0.3, 0.4) is 0 Å². The standard InChI is InChI=1S/C21H23N3O4/c1-24-15-7-5-4-6-14(15)19(25)18(20(24)22)21(26)23-11-10-13-8-9-16(27-2)17(12-13)28-3/h4-9,12H,10-11,22H2,1-3H3,(H,23,26). The molecule has 7 heteroatoms. The molecule has 0 aliphatic rings. The molecule has 3 N–H and O–H groups in total. The molecule has 0 radical (unpaired) electrons. The Hall–Kier alpha value is -3.48. The number of ether oxygens (including phenoxy) is 2. The number of rotatable bonds is 6. The van der Waals surface area contributed by atoms with Crippen LogP contribution < -0.4 is 26.0 Å². The molecule has 1 amide bonds. The second kappa shape index (κ2) is 8.04. The summed E-state index contributed by atoms with van der Waals surface area (Å²) in [7, 11) is 4.88. The van der Waals surface area contributed by atoms with Gasteiger partial charge in [0.15, 0.2) is 11.5 Å². The fraction of sp³-hybridized carbons (Fsp3) is 0.238. The maximum absolute atomic E-state index is 12.7. The van der Waals surface area contributed by atoms with Gasteiger partial charge in [0.1, 0.15) is 11.4 Å². The number of nitrogens with one attached hydrogen (secondary N) is 1. The van der Waals surface area contributed by atoms with E-state index in [0.717, 1.165) is 5.56 Å². The molecule has 0 bridgehead atoms. The van der Waals surface area contributed by atoms with Crippen LogP contribution in [0.5, 0.6) is 11.5 Å². The van der Waals surface area contributed by atoms with E-state index >= 15 is 0 Å². The monoisotopic (exact) mass is 381 g/mol. The van der Waals surface area contributed by atoms with E-state index in [-0.39, 0.29) is 16.8 Å². The van der Waals surface area contributed by atoms with Crippen molar-refractivity contribution in [2.75, 3.05) is 26.5 Å². The number of anilines is 1. The first-order valence-electron chi connectivity index (χ1n) is 8.84. The van der Waals surface area contributed by atoms with Gasteiger partial charge in [-0.2, -0.15) is 0 Å². The number of hydrogen-bond donors (Lipinski definition) is 2. The van der Waals surface area contributed by atoms with E-state index in [1.807, 2.05) is 24.3 Å². The van der Waals surface area contributed by atoms with Crippen molar-refractivity contribution in [1.82, 2.24) is 9.88 Å². The molecule has 2 aromatic carbocycles. The molecule has 7 nitrogen and oxygen atoms in total. The molecule has 3 rings (SSSR count). The number of para-hydroxylation sites is 1. The van der Waals surface area contributed by atoms with E-state index in [2.05, 4.69) is 5.32 Å². The van der Waals surface area contributed by atoms with Crippen molar-refractivity contribution in [3.63, 3.8) is 0 Å². The summed E-state index contributed by atoms with van der Waals surface area (Å²) in [6, 6.07) is 12.6. The minimum Gasteiger partial charge on any atom is -0.493 e. The summed E-state index contributed by atoms with van der Waals surface area (Å²) in [5.74, 6) is 0.929. The number of methoxy groups -OCH3 is 2. The van der Waals surface area contributed by atoms with Crippen LogP contribution in [0.15, 0.2) is 47.3 Å². The van der Waals surface area contributed by atoms with E-state index in [9.17, 15) is 9.59 Å². The quantitative estimate of drug-likeness (QED) is 0.682. The summed E-state index contributed by atoms with van der Waals surface area (Å²) >= 11 is 0. The molecule has 0 unspecified atom stereocenters. The van der Waals surface area contributed by atoms with Gasteiger partial charge in [0.2, 0.25) is 5.43 Å². The zero-order valence-electron chi connectivity index (χ0n) is 16.1. The lowest BCUT2D eigenvalue weighted by atomic mass is 10.1. The lowest BCUT2D eigenvalue weighted by Gasteiger charge is -2.14. The van der Waals surface area contributed by atoms with Gasteiger partial charge < -0.3 is 25.1 Å². The third kappa shape index (κ3) is 3.51. The molecule has 0 atom stereocenters. The van der Waals surface area contributed by atoms with Gasteiger partial charge in [-0.1, -0.05) is 18.2 Å². The van der Waals surface area contributed by atoms with Gasteiger partial charge in [0.25, 0.3) is 5.91 Å². The lowest BCUT2D eigenvalue weighted by Crippen LogP contribution is -2.32. The molecule has 0 aliphatic heterocycles. The summed E-state index contributed by atoms with van der Waals surface area (Å²) < 4.78 is 12.2. The number of nitrogens with zero attached hydrogens (tertiary/aromatic N) is 1. The molecule has 0 saturated heterocycles. The molecule has 0 spiro atoms. The smallest absolute Gasteiger partial charge is 0.258 e. The zero-order valence-corrected chi connectivity index (χ0v) is 16.1. The normalized spacial score (nSPS) is 10.7. The Labute approximate surface area is 162 Å². The van der Waals surface area contributed by atoms with Crippen LogP contribution in [-0.2, 0) is 13.5 Å². The number of aryl methyl sites for hydroxylation is 1. The zero-order chi connectivity index (χ0) is 20.3. The van der Waals surface area contributed by atoms with Crippen LogP contribution in [0.4, 0.5) is 5.82 Å². The fourth-order valence-electron chi connectivity index (χ4n) is 3.17. The van der Waals surface area contributed by atoms with Crippen LogP contribution in [0.25, 0.3) is 10.9 Å². The van der Waals surface area contributed by atoms with Gasteiger partial charge in [0, 0.05) is 19.0 Å². The van der Waals surface area contributed by atoms with Crippen LogP contribution >= 0.6 is 0 Å². The van der Waals surface area contributed by atoms with E-state index in [1.54, 1.807) is 44.0 Å². The predicted molar refractivity (Wildman–Crippen MR) is 109 cm³/mol. The first-order chi connectivity index (χ1) is 13.5. The highest BCUT2D eigenvalue weighted by molar-refractivity contribution is 6.01. The highest BCUT2D eigenvalue weighted by Gasteiger charge is 2.19. The number of nitrogen functional groups attached to an aromatic ring is 1. The number of carbonyl (C=O) groups excluding carboxylic acids is 1. The number of nitrogens with two attached hydrogens (primary N) is 1. The second-order valence-electron chi connectivity index (χ2n) is 6.36. The molecule has 28 heavy (non-hydrogen) atoms. The average Bonchev–Trinajstić information content (AvgIpc) is 2.72. The van der Waals surface area contributed by atoms with Gasteiger partial charge >= 0.3 is 0 Å². The van der Waals surface area contributed by atoms with Gasteiger partial charge in [0.05, 0.1) is 19.7 Å². The number of aromatic nitrogens is 1. The summed E-state index contributed by atoms with van der Waals surface area (Å²) in [5, 5.41) is 3.25. The van der Waals surface area contributed by atoms with Crippen molar-refractivity contribution >= 4 is 22.6 Å². The van der Waals surface area contributed by atoms with Crippen molar-refractivity contribution in [2.24, 2.45) is 7.05 Å². The Morgan fingerprint density at radius 1 is 1.11 bits per heavy atom. The summed E-state index contributed by atoms with van der Waals surface area (Å²) in [4.78, 5) is 25.4. The minimum atomic E-state index is -0.482. The summed E-state index contributed by atoms with van der Waals surface area (Å²) in [5.41, 5.74) is 7.33. The Balaban J connectivity index is 1.78. The molecular formula is C21H23N3O4. The van der Waals surface area contributed by atoms with E-state index in [1.165, 1.54) is 0 Å². The molecule has 0 aliphatic carbocycles. The number of fused-ring (bicyclic) bond motifs is 1. The minimum absolute atomic E-state index is 0.0338. The van der Waals surface area contributed by atoms with Crippen molar-refractivity contribution in [3.8, 4) is 11.5 Å². The second-order valence-corrected chi connectivity index (χ2v) is 6.36. The maximum atomic E-state index is 12.7. The largest absolute Gasteiger partial charge is 0.493 e. The molecule has 146 valence electrons. The van der Waals surface area contributed by atoms with Crippen molar-refractivity contribution in [2.45, 2.75) is 6.42 Å². The Morgan fingerprint density at radius 2 is 1.82 bits per heavy atom. The van der Waals surface area contributed by atoms with Gasteiger partial charge in [-0.25, -0.2) is 0 Å². The van der Waals surface area contributed by atoms with E-state index in [0.29, 0.717) is 35.4 Å². The van der Waals surface area contributed by atoms with Crippen molar-refractivity contribution < 1.29 is 14.3 Å². The van der Waals surface area contributed by atoms with E-state index < -0.39 is 5.91 Å². The van der Waals surface area contributed by atoms with E-state index in [4.69, 9.17) is 15.2 Å². The lowest BCUT2D eigenvalue weighted by molar-refractivity contribution is 0.0953. The molecule has 1 heterocycles. The SMILES string of the molecule is COc1ccc(CCNC(=O)c2c(N)n(C)c3ccccc3c2=O)cc1OC. The molecule has 0 fully saturated rings. The summed E-state index contributed by atoms with van der Waals surface area (Å²) in [6.07, 6.45) is 0.569. The maximum Gasteiger partial charge on any atom is 0.258 e. The topological polar surface area (TPSA) is 95.6 Å². The van der Waals surface area contributed by atoms with Gasteiger partial charge in [-0.15, -0.1) is 0 Å². The van der Waals surface area contributed by atoms with Gasteiger partial charge in [-0.05, 0) is 36.2 Å². The highest BCUT2D eigenvalue weighted by atomic mass is 16.5. The van der Waals surface area contributed by atoms with Crippen molar-refractivity contribution in [1.29, 1.82) is 0 Å². The van der Waals surface area contributed by atoms with Crippen LogP contribution in [0, 0.1) is 0 Å². The highest BCUT2D eigenvalue weighted by Crippen LogP contribution is 2.27. The van der Waals surface area contributed by atoms with Crippen LogP contribution in [0.2, 0.25) is 0 Å². The number of amides is 1.